The van der Waals surface area contributed by atoms with Gasteiger partial charge < -0.3 is 19.3 Å². The molecule has 1 saturated heterocycles. The van der Waals surface area contributed by atoms with Gasteiger partial charge in [0.15, 0.2) is 11.5 Å². The van der Waals surface area contributed by atoms with Crippen LogP contribution >= 0.6 is 0 Å². The molecule has 0 spiro atoms. The molecule has 104 valence electrons. The fourth-order valence-electron chi connectivity index (χ4n) is 2.37. The summed E-state index contributed by atoms with van der Waals surface area (Å²) in [4.78, 5) is 11.5. The van der Waals surface area contributed by atoms with Gasteiger partial charge >= 0.3 is 5.97 Å². The molecule has 0 amide bonds. The molecule has 1 aromatic rings. The minimum Gasteiger partial charge on any atom is -0.493 e. The van der Waals surface area contributed by atoms with Gasteiger partial charge in [-0.05, 0) is 30.5 Å². The number of carboxylic acids is 1. The summed E-state index contributed by atoms with van der Waals surface area (Å²) >= 11 is 0. The van der Waals surface area contributed by atoms with Gasteiger partial charge in [-0.3, -0.25) is 4.79 Å². The summed E-state index contributed by atoms with van der Waals surface area (Å²) in [6.45, 7) is 0.760. The van der Waals surface area contributed by atoms with Crippen LogP contribution in [0.25, 0.3) is 0 Å². The number of hydrogen-bond donors (Lipinski definition) is 1. The molecule has 1 aromatic carbocycles. The molecule has 2 rings (SSSR count). The first-order valence-corrected chi connectivity index (χ1v) is 6.13. The van der Waals surface area contributed by atoms with E-state index in [0.29, 0.717) is 30.9 Å². The van der Waals surface area contributed by atoms with E-state index in [1.165, 1.54) is 0 Å². The molecule has 5 heteroatoms. The molecule has 1 atom stereocenters. The molecule has 19 heavy (non-hydrogen) atoms. The highest BCUT2D eigenvalue weighted by Gasteiger charge is 2.42. The molecule has 0 saturated carbocycles. The van der Waals surface area contributed by atoms with E-state index in [0.717, 1.165) is 5.56 Å². The van der Waals surface area contributed by atoms with Crippen molar-refractivity contribution in [2.75, 3.05) is 27.4 Å². The minimum absolute atomic E-state index is 0.261. The lowest BCUT2D eigenvalue weighted by Gasteiger charge is -2.22. The van der Waals surface area contributed by atoms with E-state index in [1.807, 2.05) is 12.1 Å². The van der Waals surface area contributed by atoms with Gasteiger partial charge in [-0.2, -0.15) is 0 Å². The maximum atomic E-state index is 11.5. The smallest absolute Gasteiger partial charge is 0.312 e. The lowest BCUT2D eigenvalue weighted by molar-refractivity contribution is -0.148. The molecule has 0 radical (unpaired) electrons. The number of ether oxygens (including phenoxy) is 3. The van der Waals surface area contributed by atoms with E-state index in [1.54, 1.807) is 20.3 Å². The summed E-state index contributed by atoms with van der Waals surface area (Å²) in [7, 11) is 3.13. The maximum Gasteiger partial charge on any atom is 0.312 e. The summed E-state index contributed by atoms with van der Waals surface area (Å²) in [6.07, 6.45) is 0.972. The Hall–Kier alpha value is -1.75. The van der Waals surface area contributed by atoms with Crippen molar-refractivity contribution in [2.24, 2.45) is 5.41 Å². The standard InChI is InChI=1S/C14H18O5/c1-17-11-4-3-10(7-12(11)18-2)8-14(13(15)16)5-6-19-9-14/h3-4,7H,5-6,8-9H2,1-2H3,(H,15,16). The van der Waals surface area contributed by atoms with Crippen LogP contribution in [0.4, 0.5) is 0 Å². The average molecular weight is 266 g/mol. The van der Waals surface area contributed by atoms with E-state index in [2.05, 4.69) is 0 Å². The highest BCUT2D eigenvalue weighted by molar-refractivity contribution is 5.75. The first-order chi connectivity index (χ1) is 9.11. The molecule has 1 unspecified atom stereocenters. The topological polar surface area (TPSA) is 65.0 Å². The van der Waals surface area contributed by atoms with Gasteiger partial charge in [0, 0.05) is 6.61 Å². The average Bonchev–Trinajstić information content (AvgIpc) is 2.88. The van der Waals surface area contributed by atoms with Gasteiger partial charge in [0.1, 0.15) is 0 Å². The van der Waals surface area contributed by atoms with Crippen molar-refractivity contribution in [1.29, 1.82) is 0 Å². The number of aliphatic carboxylic acids is 1. The maximum absolute atomic E-state index is 11.5. The Labute approximate surface area is 112 Å². The number of methoxy groups -OCH3 is 2. The third-order valence-electron chi connectivity index (χ3n) is 3.55. The van der Waals surface area contributed by atoms with E-state index in [9.17, 15) is 9.90 Å². The largest absolute Gasteiger partial charge is 0.493 e. The Morgan fingerprint density at radius 1 is 1.37 bits per heavy atom. The molecule has 1 N–H and O–H groups in total. The van der Waals surface area contributed by atoms with Crippen molar-refractivity contribution >= 4 is 5.97 Å². The summed E-state index contributed by atoms with van der Waals surface area (Å²) in [5.41, 5.74) is 0.0881. The highest BCUT2D eigenvalue weighted by atomic mass is 16.5. The number of hydrogen-bond acceptors (Lipinski definition) is 4. The fourth-order valence-corrected chi connectivity index (χ4v) is 2.37. The first-order valence-electron chi connectivity index (χ1n) is 6.13. The Kier molecular flexibility index (Phi) is 3.95. The van der Waals surface area contributed by atoms with Crippen molar-refractivity contribution in [1.82, 2.24) is 0 Å². The Morgan fingerprint density at radius 2 is 2.11 bits per heavy atom. The monoisotopic (exact) mass is 266 g/mol. The summed E-state index contributed by atoms with van der Waals surface area (Å²) in [6, 6.07) is 5.48. The number of rotatable bonds is 5. The zero-order valence-corrected chi connectivity index (χ0v) is 11.1. The van der Waals surface area contributed by atoms with Crippen molar-refractivity contribution in [3.8, 4) is 11.5 Å². The first kappa shape index (κ1) is 13.7. The van der Waals surface area contributed by atoms with E-state index < -0.39 is 11.4 Å². The van der Waals surface area contributed by atoms with Crippen LogP contribution in [0.5, 0.6) is 11.5 Å². The molecule has 0 aliphatic carbocycles. The third-order valence-corrected chi connectivity index (χ3v) is 3.55. The molecule has 1 heterocycles. The lowest BCUT2D eigenvalue weighted by Crippen LogP contribution is -2.33. The van der Waals surface area contributed by atoms with Crippen molar-refractivity contribution in [3.05, 3.63) is 23.8 Å². The van der Waals surface area contributed by atoms with Crippen LogP contribution in [-0.2, 0) is 16.0 Å². The second-order valence-corrected chi connectivity index (χ2v) is 4.75. The molecular formula is C14H18O5. The normalized spacial score (nSPS) is 22.2. The number of carboxylic acid groups (broad SMARTS) is 1. The second kappa shape index (κ2) is 5.48. The van der Waals surface area contributed by atoms with Crippen LogP contribution in [0.1, 0.15) is 12.0 Å². The SMILES string of the molecule is COc1ccc(CC2(C(=O)O)CCOC2)cc1OC. The van der Waals surface area contributed by atoms with Crippen molar-refractivity contribution in [2.45, 2.75) is 12.8 Å². The Bertz CT molecular complexity index is 463. The quantitative estimate of drug-likeness (QED) is 0.879. The predicted octanol–water partition coefficient (Wildman–Crippen LogP) is 1.74. The van der Waals surface area contributed by atoms with Gasteiger partial charge in [-0.1, -0.05) is 6.07 Å². The zero-order valence-electron chi connectivity index (χ0n) is 11.1. The summed E-state index contributed by atoms with van der Waals surface area (Å²) < 4.78 is 15.7. The molecule has 5 nitrogen and oxygen atoms in total. The molecular weight excluding hydrogens is 248 g/mol. The van der Waals surface area contributed by atoms with Gasteiger partial charge in [0.25, 0.3) is 0 Å². The molecule has 1 fully saturated rings. The Morgan fingerprint density at radius 3 is 2.63 bits per heavy atom. The van der Waals surface area contributed by atoms with E-state index >= 15 is 0 Å². The molecule has 1 aliphatic heterocycles. The van der Waals surface area contributed by atoms with Gasteiger partial charge in [-0.15, -0.1) is 0 Å². The molecule has 0 aromatic heterocycles. The highest BCUT2D eigenvalue weighted by Crippen LogP contribution is 2.35. The fraction of sp³-hybridized carbons (Fsp3) is 0.500. The molecule has 1 aliphatic rings. The van der Waals surface area contributed by atoms with Gasteiger partial charge in [0.2, 0.25) is 0 Å². The predicted molar refractivity (Wildman–Crippen MR) is 68.8 cm³/mol. The zero-order chi connectivity index (χ0) is 13.9. The van der Waals surface area contributed by atoms with Crippen LogP contribution in [0.15, 0.2) is 18.2 Å². The minimum atomic E-state index is -0.820. The van der Waals surface area contributed by atoms with E-state index in [4.69, 9.17) is 14.2 Å². The Balaban J connectivity index is 2.25. The second-order valence-electron chi connectivity index (χ2n) is 4.75. The van der Waals surface area contributed by atoms with Crippen LogP contribution in [0.2, 0.25) is 0 Å². The summed E-state index contributed by atoms with van der Waals surface area (Å²) in [5, 5.41) is 9.42. The van der Waals surface area contributed by atoms with Crippen LogP contribution in [0, 0.1) is 5.41 Å². The molecule has 0 bridgehead atoms. The van der Waals surface area contributed by atoms with Crippen LogP contribution < -0.4 is 9.47 Å². The number of carbonyl (C=O) groups is 1. The lowest BCUT2D eigenvalue weighted by atomic mass is 9.81. The number of benzene rings is 1. The van der Waals surface area contributed by atoms with Gasteiger partial charge in [0.05, 0.1) is 26.2 Å². The van der Waals surface area contributed by atoms with Crippen LogP contribution in [-0.4, -0.2) is 38.5 Å². The van der Waals surface area contributed by atoms with Crippen molar-refractivity contribution < 1.29 is 24.1 Å². The van der Waals surface area contributed by atoms with Crippen molar-refractivity contribution in [3.63, 3.8) is 0 Å². The van der Waals surface area contributed by atoms with Gasteiger partial charge in [-0.25, -0.2) is 0 Å². The summed E-state index contributed by atoms with van der Waals surface area (Å²) in [5.74, 6) is 0.442. The van der Waals surface area contributed by atoms with Crippen LogP contribution in [0.3, 0.4) is 0 Å². The van der Waals surface area contributed by atoms with E-state index in [-0.39, 0.29) is 6.61 Å². The third kappa shape index (κ3) is 2.66.